The van der Waals surface area contributed by atoms with Gasteiger partial charge in [-0.3, -0.25) is 0 Å². The first kappa shape index (κ1) is 23.7. The zero-order chi connectivity index (χ0) is 24.2. The van der Waals surface area contributed by atoms with E-state index in [1.807, 2.05) is 6.92 Å². The minimum atomic E-state index is -1.55. The quantitative estimate of drug-likeness (QED) is 0.162. The lowest BCUT2D eigenvalue weighted by atomic mass is 9.94. The van der Waals surface area contributed by atoms with Crippen LogP contribution in [0.25, 0.3) is 17.8 Å². The Bertz CT molecular complexity index is 1310. The first-order valence-corrected chi connectivity index (χ1v) is 10.9. The standard InChI is InChI=1S/C24H19ClF4N4O/c1-14-12-33(13-30-14)21-6-4-15(9-18(21)26)5-7-22-31-32-24(34-22)17(3-2-8-25)16-10-19(27)23(29)20(28)11-16/h4-7,9-13,17H,2-3,8H2,1H3/b7-5+. The molecular formula is C24H19ClF4N4O. The molecule has 2 heterocycles. The maximum Gasteiger partial charge on any atom is 0.240 e. The Morgan fingerprint density at radius 1 is 1.03 bits per heavy atom. The van der Waals surface area contributed by atoms with E-state index in [-0.39, 0.29) is 17.3 Å². The predicted octanol–water partition coefficient (Wildman–Crippen LogP) is 6.44. The van der Waals surface area contributed by atoms with Gasteiger partial charge in [0.15, 0.2) is 17.5 Å². The third-order valence-electron chi connectivity index (χ3n) is 5.17. The van der Waals surface area contributed by atoms with Crippen LogP contribution in [-0.4, -0.2) is 25.6 Å². The normalized spacial score (nSPS) is 12.5. The fourth-order valence-corrected chi connectivity index (χ4v) is 3.66. The maximum absolute atomic E-state index is 14.5. The third kappa shape index (κ3) is 5.20. The second kappa shape index (κ2) is 10.2. The number of nitrogens with zero attached hydrogens (tertiary/aromatic N) is 4. The summed E-state index contributed by atoms with van der Waals surface area (Å²) in [6, 6.07) is 6.50. The van der Waals surface area contributed by atoms with E-state index in [1.165, 1.54) is 18.5 Å². The number of rotatable bonds is 8. The van der Waals surface area contributed by atoms with Gasteiger partial charge in [-0.15, -0.1) is 21.8 Å². The largest absolute Gasteiger partial charge is 0.421 e. The highest BCUT2D eigenvalue weighted by atomic mass is 35.5. The first-order chi connectivity index (χ1) is 16.4. The van der Waals surface area contributed by atoms with Crippen LogP contribution in [0.4, 0.5) is 17.6 Å². The van der Waals surface area contributed by atoms with Crippen molar-refractivity contribution in [2.45, 2.75) is 25.7 Å². The molecule has 0 N–H and O–H groups in total. The van der Waals surface area contributed by atoms with Crippen molar-refractivity contribution in [3.8, 4) is 5.69 Å². The molecule has 0 radical (unpaired) electrons. The van der Waals surface area contributed by atoms with Gasteiger partial charge in [-0.1, -0.05) is 6.07 Å². The van der Waals surface area contributed by atoms with Crippen LogP contribution in [0.2, 0.25) is 0 Å². The molecule has 0 fully saturated rings. The molecule has 0 amide bonds. The molecule has 1 atom stereocenters. The molecule has 0 aliphatic carbocycles. The highest BCUT2D eigenvalue weighted by Crippen LogP contribution is 2.31. The number of benzene rings is 2. The summed E-state index contributed by atoms with van der Waals surface area (Å²) in [5.74, 6) is -4.74. The number of hydrogen-bond acceptors (Lipinski definition) is 4. The molecule has 0 saturated carbocycles. The van der Waals surface area contributed by atoms with Crippen LogP contribution in [0.1, 0.15) is 47.4 Å². The molecule has 4 rings (SSSR count). The Morgan fingerprint density at radius 2 is 1.79 bits per heavy atom. The van der Waals surface area contributed by atoms with Crippen molar-refractivity contribution in [1.29, 1.82) is 0 Å². The van der Waals surface area contributed by atoms with E-state index in [0.29, 0.717) is 30.0 Å². The fraction of sp³-hybridized carbons (Fsp3) is 0.208. The van der Waals surface area contributed by atoms with Crippen molar-refractivity contribution in [3.63, 3.8) is 0 Å². The van der Waals surface area contributed by atoms with Crippen molar-refractivity contribution in [2.75, 3.05) is 5.88 Å². The van der Waals surface area contributed by atoms with Crippen molar-refractivity contribution in [3.05, 3.63) is 94.7 Å². The summed E-state index contributed by atoms with van der Waals surface area (Å²) in [4.78, 5) is 4.09. The SMILES string of the molecule is Cc1cn(-c2ccc(/C=C/c3nnc(C(CCCCl)c4cc(F)c(F)c(F)c4)o3)cc2F)cn1. The Morgan fingerprint density at radius 3 is 2.44 bits per heavy atom. The summed E-state index contributed by atoms with van der Waals surface area (Å²) < 4.78 is 62.7. The fourth-order valence-electron chi connectivity index (χ4n) is 3.50. The summed E-state index contributed by atoms with van der Waals surface area (Å²) in [6.45, 7) is 1.81. The Labute approximate surface area is 197 Å². The monoisotopic (exact) mass is 490 g/mol. The van der Waals surface area contributed by atoms with E-state index in [4.69, 9.17) is 16.0 Å². The van der Waals surface area contributed by atoms with E-state index in [0.717, 1.165) is 17.8 Å². The second-order valence-corrected chi connectivity index (χ2v) is 8.01. The average Bonchev–Trinajstić information content (AvgIpc) is 3.45. The van der Waals surface area contributed by atoms with Crippen LogP contribution < -0.4 is 0 Å². The summed E-state index contributed by atoms with van der Waals surface area (Å²) in [5.41, 5.74) is 1.84. The molecule has 0 aliphatic heterocycles. The van der Waals surface area contributed by atoms with Gasteiger partial charge in [-0.05, 0) is 61.2 Å². The van der Waals surface area contributed by atoms with Gasteiger partial charge in [0.05, 0.1) is 23.6 Å². The lowest BCUT2D eigenvalue weighted by Crippen LogP contribution is -2.05. The third-order valence-corrected chi connectivity index (χ3v) is 5.44. The van der Waals surface area contributed by atoms with Crippen molar-refractivity contribution >= 4 is 23.8 Å². The molecule has 4 aromatic rings. The van der Waals surface area contributed by atoms with Crippen LogP contribution in [-0.2, 0) is 0 Å². The van der Waals surface area contributed by atoms with Crippen molar-refractivity contribution in [2.24, 2.45) is 0 Å². The van der Waals surface area contributed by atoms with Gasteiger partial charge < -0.3 is 8.98 Å². The van der Waals surface area contributed by atoms with E-state index >= 15 is 0 Å². The van der Waals surface area contributed by atoms with Gasteiger partial charge in [-0.2, -0.15) is 0 Å². The van der Waals surface area contributed by atoms with Crippen LogP contribution >= 0.6 is 11.6 Å². The number of aryl methyl sites for hydroxylation is 1. The molecule has 34 heavy (non-hydrogen) atoms. The van der Waals surface area contributed by atoms with Crippen LogP contribution in [0.5, 0.6) is 0 Å². The Hall–Kier alpha value is -3.46. The molecule has 1 unspecified atom stereocenters. The van der Waals surface area contributed by atoms with E-state index in [9.17, 15) is 17.6 Å². The van der Waals surface area contributed by atoms with Crippen LogP contribution in [0.15, 0.2) is 47.3 Å². The van der Waals surface area contributed by atoms with Gasteiger partial charge in [0.25, 0.3) is 0 Å². The molecule has 0 spiro atoms. The molecule has 176 valence electrons. The van der Waals surface area contributed by atoms with Gasteiger partial charge in [0.2, 0.25) is 11.8 Å². The predicted molar refractivity (Wildman–Crippen MR) is 120 cm³/mol. The summed E-state index contributed by atoms with van der Waals surface area (Å²) in [5, 5.41) is 7.91. The van der Waals surface area contributed by atoms with Gasteiger partial charge in [0.1, 0.15) is 5.82 Å². The molecule has 10 heteroatoms. The molecule has 0 aliphatic rings. The maximum atomic E-state index is 14.5. The molecule has 0 bridgehead atoms. The number of alkyl halides is 1. The van der Waals surface area contributed by atoms with Gasteiger partial charge in [-0.25, -0.2) is 22.5 Å². The zero-order valence-electron chi connectivity index (χ0n) is 18.0. The topological polar surface area (TPSA) is 56.7 Å². The number of hydrogen-bond donors (Lipinski definition) is 0. The van der Waals surface area contributed by atoms with Crippen LogP contribution in [0.3, 0.4) is 0 Å². The van der Waals surface area contributed by atoms with E-state index in [2.05, 4.69) is 15.2 Å². The summed E-state index contributed by atoms with van der Waals surface area (Å²) in [6.07, 6.45) is 7.20. The molecule has 2 aromatic carbocycles. The molecular weight excluding hydrogens is 472 g/mol. The minimum absolute atomic E-state index is 0.104. The lowest BCUT2D eigenvalue weighted by Gasteiger charge is -2.13. The average molecular weight is 491 g/mol. The van der Waals surface area contributed by atoms with Crippen LogP contribution in [0, 0.1) is 30.2 Å². The van der Waals surface area contributed by atoms with Crippen molar-refractivity contribution in [1.82, 2.24) is 19.7 Å². The number of halogens is 5. The van der Waals surface area contributed by atoms with E-state index in [1.54, 1.807) is 29.0 Å². The summed E-state index contributed by atoms with van der Waals surface area (Å²) in [7, 11) is 0. The van der Waals surface area contributed by atoms with Crippen molar-refractivity contribution < 1.29 is 22.0 Å². The summed E-state index contributed by atoms with van der Waals surface area (Å²) >= 11 is 5.77. The van der Waals surface area contributed by atoms with Gasteiger partial charge in [0, 0.05) is 18.2 Å². The molecule has 5 nitrogen and oxygen atoms in total. The zero-order valence-corrected chi connectivity index (χ0v) is 18.7. The second-order valence-electron chi connectivity index (χ2n) is 7.63. The number of aromatic nitrogens is 4. The molecule has 0 saturated heterocycles. The van der Waals surface area contributed by atoms with E-state index < -0.39 is 29.2 Å². The minimum Gasteiger partial charge on any atom is -0.421 e. The highest BCUT2D eigenvalue weighted by molar-refractivity contribution is 6.17. The Kier molecular flexibility index (Phi) is 7.12. The van der Waals surface area contributed by atoms with Gasteiger partial charge >= 0.3 is 0 Å². The number of imidazole rings is 1. The highest BCUT2D eigenvalue weighted by Gasteiger charge is 2.23. The Balaban J connectivity index is 1.56. The first-order valence-electron chi connectivity index (χ1n) is 10.4. The molecule has 2 aromatic heterocycles. The smallest absolute Gasteiger partial charge is 0.240 e. The lowest BCUT2D eigenvalue weighted by molar-refractivity contribution is 0.431.